The fraction of sp³-hybridized carbons (Fsp3) is 0.467. The second-order valence-corrected chi connectivity index (χ2v) is 6.61. The molecule has 0 unspecified atom stereocenters. The van der Waals surface area contributed by atoms with E-state index < -0.39 is 0 Å². The molecule has 0 bridgehead atoms. The first-order valence-corrected chi connectivity index (χ1v) is 8.37. The highest BCUT2D eigenvalue weighted by Gasteiger charge is 2.23. The molecule has 1 aromatic carbocycles. The van der Waals surface area contributed by atoms with E-state index in [0.29, 0.717) is 5.92 Å². The Morgan fingerprint density at radius 3 is 2.75 bits per heavy atom. The molecule has 0 spiro atoms. The van der Waals surface area contributed by atoms with Crippen LogP contribution in [0.1, 0.15) is 43.0 Å². The molecule has 0 N–H and O–H groups in total. The van der Waals surface area contributed by atoms with Crippen LogP contribution in [-0.4, -0.2) is 14.8 Å². The van der Waals surface area contributed by atoms with Crippen LogP contribution < -0.4 is 0 Å². The number of aromatic nitrogens is 3. The summed E-state index contributed by atoms with van der Waals surface area (Å²) in [7, 11) is 2.07. The smallest absolute Gasteiger partial charge is 0.191 e. The molecule has 3 rings (SSSR count). The number of hydrogen-bond donors (Lipinski definition) is 0. The molecular formula is C15H18ClN3S. The topological polar surface area (TPSA) is 30.7 Å². The zero-order chi connectivity index (χ0) is 13.9. The highest BCUT2D eigenvalue weighted by Crippen LogP contribution is 2.34. The zero-order valence-corrected chi connectivity index (χ0v) is 13.1. The quantitative estimate of drug-likeness (QED) is 0.783. The summed E-state index contributed by atoms with van der Waals surface area (Å²) in [4.78, 5) is 0. The Labute approximate surface area is 128 Å². The van der Waals surface area contributed by atoms with E-state index in [2.05, 4.69) is 27.9 Å². The third-order valence-electron chi connectivity index (χ3n) is 3.90. The molecule has 3 nitrogen and oxygen atoms in total. The monoisotopic (exact) mass is 307 g/mol. The van der Waals surface area contributed by atoms with Crippen molar-refractivity contribution in [2.24, 2.45) is 7.05 Å². The normalized spacial score (nSPS) is 15.9. The lowest BCUT2D eigenvalue weighted by molar-refractivity contribution is 0.616. The molecule has 1 fully saturated rings. The van der Waals surface area contributed by atoms with Gasteiger partial charge in [0.25, 0.3) is 0 Å². The van der Waals surface area contributed by atoms with Crippen LogP contribution in [0.3, 0.4) is 0 Å². The number of thioether (sulfide) groups is 1. The van der Waals surface area contributed by atoms with Gasteiger partial charge in [0.15, 0.2) is 5.16 Å². The lowest BCUT2D eigenvalue weighted by Gasteiger charge is -2.09. The minimum Gasteiger partial charge on any atom is -0.309 e. The van der Waals surface area contributed by atoms with Crippen LogP contribution in [0, 0.1) is 0 Å². The summed E-state index contributed by atoms with van der Waals surface area (Å²) in [5.41, 5.74) is 1.14. The van der Waals surface area contributed by atoms with Crippen molar-refractivity contribution in [3.8, 4) is 0 Å². The molecule has 1 aliphatic rings. The maximum absolute atomic E-state index is 6.18. The Morgan fingerprint density at radius 2 is 2.00 bits per heavy atom. The van der Waals surface area contributed by atoms with Crippen molar-refractivity contribution in [3.05, 3.63) is 40.7 Å². The van der Waals surface area contributed by atoms with Crippen LogP contribution in [0.2, 0.25) is 5.02 Å². The molecule has 1 saturated carbocycles. The van der Waals surface area contributed by atoms with Gasteiger partial charge >= 0.3 is 0 Å². The minimum absolute atomic E-state index is 0.599. The highest BCUT2D eigenvalue weighted by atomic mass is 35.5. The number of benzene rings is 1. The van der Waals surface area contributed by atoms with E-state index in [1.807, 2.05) is 18.2 Å². The Morgan fingerprint density at radius 1 is 1.25 bits per heavy atom. The van der Waals surface area contributed by atoms with Gasteiger partial charge in [-0.2, -0.15) is 0 Å². The molecule has 0 saturated heterocycles. The summed E-state index contributed by atoms with van der Waals surface area (Å²) >= 11 is 7.88. The van der Waals surface area contributed by atoms with Gasteiger partial charge in [-0.25, -0.2) is 0 Å². The van der Waals surface area contributed by atoms with E-state index in [0.717, 1.165) is 27.3 Å². The molecular weight excluding hydrogens is 290 g/mol. The third kappa shape index (κ3) is 2.86. The van der Waals surface area contributed by atoms with Crippen molar-refractivity contribution in [2.45, 2.75) is 42.5 Å². The summed E-state index contributed by atoms with van der Waals surface area (Å²) in [6.07, 6.45) is 5.14. The second kappa shape index (κ2) is 6.19. The lowest BCUT2D eigenvalue weighted by atomic mass is 10.1. The van der Waals surface area contributed by atoms with Gasteiger partial charge in [0.1, 0.15) is 5.82 Å². The highest BCUT2D eigenvalue weighted by molar-refractivity contribution is 7.98. The van der Waals surface area contributed by atoms with E-state index in [4.69, 9.17) is 11.6 Å². The van der Waals surface area contributed by atoms with Crippen LogP contribution in [0.4, 0.5) is 0 Å². The average Bonchev–Trinajstić information content (AvgIpc) is 3.08. The molecule has 0 aliphatic heterocycles. The first kappa shape index (κ1) is 14.0. The Kier molecular flexibility index (Phi) is 4.32. The summed E-state index contributed by atoms with van der Waals surface area (Å²) in [6.45, 7) is 0. The van der Waals surface area contributed by atoms with Crippen LogP contribution in [0.25, 0.3) is 0 Å². The molecule has 2 aromatic rings. The second-order valence-electron chi connectivity index (χ2n) is 5.26. The molecule has 20 heavy (non-hydrogen) atoms. The summed E-state index contributed by atoms with van der Waals surface area (Å²) in [5.74, 6) is 2.57. The summed E-state index contributed by atoms with van der Waals surface area (Å²) in [6, 6.07) is 7.96. The molecule has 1 aliphatic carbocycles. The van der Waals surface area contributed by atoms with E-state index in [1.165, 1.54) is 25.7 Å². The zero-order valence-electron chi connectivity index (χ0n) is 11.6. The Balaban J connectivity index is 1.70. The third-order valence-corrected chi connectivity index (χ3v) is 5.34. The molecule has 1 heterocycles. The predicted octanol–water partition coefficient (Wildman–Crippen LogP) is 4.42. The van der Waals surface area contributed by atoms with Gasteiger partial charge in [-0.05, 0) is 24.5 Å². The van der Waals surface area contributed by atoms with Crippen molar-refractivity contribution >= 4 is 23.4 Å². The van der Waals surface area contributed by atoms with Gasteiger partial charge in [-0.1, -0.05) is 54.4 Å². The van der Waals surface area contributed by atoms with E-state index in [9.17, 15) is 0 Å². The van der Waals surface area contributed by atoms with Crippen molar-refractivity contribution in [2.75, 3.05) is 0 Å². The van der Waals surface area contributed by atoms with Crippen LogP contribution in [0.15, 0.2) is 29.4 Å². The van der Waals surface area contributed by atoms with Crippen molar-refractivity contribution in [1.29, 1.82) is 0 Å². The average molecular weight is 308 g/mol. The van der Waals surface area contributed by atoms with E-state index >= 15 is 0 Å². The molecule has 106 valence electrons. The van der Waals surface area contributed by atoms with Gasteiger partial charge in [-0.15, -0.1) is 10.2 Å². The van der Waals surface area contributed by atoms with Crippen molar-refractivity contribution in [3.63, 3.8) is 0 Å². The van der Waals surface area contributed by atoms with Gasteiger partial charge in [0.05, 0.1) is 0 Å². The Bertz CT molecular complexity index is 591. The number of halogens is 1. The minimum atomic E-state index is 0.599. The predicted molar refractivity (Wildman–Crippen MR) is 83.2 cm³/mol. The Hall–Kier alpha value is -1.00. The lowest BCUT2D eigenvalue weighted by Crippen LogP contribution is -2.03. The fourth-order valence-electron chi connectivity index (χ4n) is 2.75. The van der Waals surface area contributed by atoms with Crippen molar-refractivity contribution < 1.29 is 0 Å². The maximum atomic E-state index is 6.18. The molecule has 0 radical (unpaired) electrons. The fourth-order valence-corrected chi connectivity index (χ4v) is 3.95. The first-order valence-electron chi connectivity index (χ1n) is 7.01. The largest absolute Gasteiger partial charge is 0.309 e. The van der Waals surface area contributed by atoms with Gasteiger partial charge in [0.2, 0.25) is 0 Å². The number of hydrogen-bond acceptors (Lipinski definition) is 3. The van der Waals surface area contributed by atoms with E-state index in [1.54, 1.807) is 11.8 Å². The first-order chi connectivity index (χ1) is 9.75. The van der Waals surface area contributed by atoms with Crippen LogP contribution in [-0.2, 0) is 12.8 Å². The summed E-state index contributed by atoms with van der Waals surface area (Å²) in [5, 5.41) is 10.5. The van der Waals surface area contributed by atoms with Gasteiger partial charge in [-0.3, -0.25) is 0 Å². The SMILES string of the molecule is Cn1c(SCc2ccccc2Cl)nnc1C1CCCC1. The maximum Gasteiger partial charge on any atom is 0.191 e. The standard InChI is InChI=1S/C15H18ClN3S/c1-19-14(11-6-2-3-7-11)17-18-15(19)20-10-12-8-4-5-9-13(12)16/h4-5,8-9,11H,2-3,6-7,10H2,1H3. The molecule has 0 amide bonds. The molecule has 5 heteroatoms. The molecule has 1 aromatic heterocycles. The van der Waals surface area contributed by atoms with E-state index in [-0.39, 0.29) is 0 Å². The van der Waals surface area contributed by atoms with Crippen LogP contribution >= 0.6 is 23.4 Å². The number of rotatable bonds is 4. The van der Waals surface area contributed by atoms with Gasteiger partial charge in [0, 0.05) is 23.7 Å². The van der Waals surface area contributed by atoms with Crippen molar-refractivity contribution in [1.82, 2.24) is 14.8 Å². The van der Waals surface area contributed by atoms with Gasteiger partial charge < -0.3 is 4.57 Å². The number of nitrogens with zero attached hydrogens (tertiary/aromatic N) is 3. The molecule has 0 atom stereocenters. The summed E-state index contributed by atoms with van der Waals surface area (Å²) < 4.78 is 2.15. The van der Waals surface area contributed by atoms with Crippen LogP contribution in [0.5, 0.6) is 0 Å².